The Bertz CT molecular complexity index is 193. The van der Waals surface area contributed by atoms with Gasteiger partial charge in [0.2, 0.25) is 0 Å². The number of rotatable bonds is 1. The summed E-state index contributed by atoms with van der Waals surface area (Å²) >= 11 is 3.09. The summed E-state index contributed by atoms with van der Waals surface area (Å²) in [6.07, 6.45) is 2.22. The van der Waals surface area contributed by atoms with E-state index in [2.05, 4.69) is 15.9 Å². The van der Waals surface area contributed by atoms with Crippen molar-refractivity contribution in [3.63, 3.8) is 0 Å². The summed E-state index contributed by atoms with van der Waals surface area (Å²) in [4.78, 5) is 0. The van der Waals surface area contributed by atoms with E-state index in [0.717, 1.165) is 0 Å². The van der Waals surface area contributed by atoms with Crippen molar-refractivity contribution in [3.8, 4) is 0 Å². The van der Waals surface area contributed by atoms with Crippen molar-refractivity contribution in [1.29, 1.82) is 5.41 Å². The number of allylic oxidation sites excluding steroid dienone is 1. The normalized spacial score (nSPS) is 38.1. The van der Waals surface area contributed by atoms with Gasteiger partial charge in [0.05, 0.1) is 0 Å². The van der Waals surface area contributed by atoms with Gasteiger partial charge in [0.1, 0.15) is 6.17 Å². The van der Waals surface area contributed by atoms with Gasteiger partial charge < -0.3 is 11.1 Å². The van der Waals surface area contributed by atoms with Crippen molar-refractivity contribution >= 4 is 22.1 Å². The number of nitrogens with one attached hydrogen (secondary N) is 1. The quantitative estimate of drug-likeness (QED) is 0.649. The van der Waals surface area contributed by atoms with E-state index in [0.29, 0.717) is 10.9 Å². The monoisotopic (exact) mass is 220 g/mol. The van der Waals surface area contributed by atoms with Crippen molar-refractivity contribution in [1.82, 2.24) is 0 Å². The third kappa shape index (κ3) is 1.87. The van der Waals surface area contributed by atoms with Gasteiger partial charge in [-0.2, -0.15) is 0 Å². The number of alkyl halides is 1. The van der Waals surface area contributed by atoms with Crippen molar-refractivity contribution in [3.05, 3.63) is 10.6 Å². The van der Waals surface area contributed by atoms with Crippen LogP contribution in [0.25, 0.3) is 0 Å². The summed E-state index contributed by atoms with van der Waals surface area (Å²) in [7, 11) is 0. The average molecular weight is 221 g/mol. The van der Waals surface area contributed by atoms with E-state index in [1.165, 1.54) is 6.21 Å². The lowest BCUT2D eigenvalue weighted by molar-refractivity contribution is 0.325. The maximum atomic E-state index is 12.9. The minimum absolute atomic E-state index is 0.114. The highest BCUT2D eigenvalue weighted by molar-refractivity contribution is 9.11. The second-order valence-electron chi connectivity index (χ2n) is 2.66. The molecule has 3 N–H and O–H groups in total. The molecule has 0 radical (unpaired) electrons. The molecule has 0 heterocycles. The van der Waals surface area contributed by atoms with Crippen LogP contribution in [0.4, 0.5) is 4.39 Å². The first-order chi connectivity index (χ1) is 5.15. The number of halogens is 2. The Kier molecular flexibility index (Phi) is 2.78. The average Bonchev–Trinajstić information content (AvgIpc) is 1.97. The maximum absolute atomic E-state index is 12.9. The zero-order valence-corrected chi connectivity index (χ0v) is 7.51. The predicted molar refractivity (Wildman–Crippen MR) is 46.8 cm³/mol. The van der Waals surface area contributed by atoms with Gasteiger partial charge in [-0.15, -0.1) is 0 Å². The SMILES string of the molecule is N=CC1C=C(Br)C(F)CC1N. The molecule has 1 rings (SSSR count). The minimum Gasteiger partial charge on any atom is -0.327 e. The fraction of sp³-hybridized carbons (Fsp3) is 0.571. The predicted octanol–water partition coefficient (Wildman–Crippen LogP) is 1.60. The van der Waals surface area contributed by atoms with E-state index in [1.807, 2.05) is 0 Å². The highest BCUT2D eigenvalue weighted by Gasteiger charge is 2.26. The van der Waals surface area contributed by atoms with Crippen molar-refractivity contribution in [2.75, 3.05) is 0 Å². The Morgan fingerprint density at radius 1 is 1.82 bits per heavy atom. The molecule has 1 aliphatic rings. The van der Waals surface area contributed by atoms with Gasteiger partial charge in [-0.05, 0) is 6.42 Å². The summed E-state index contributed by atoms with van der Waals surface area (Å²) in [6, 6.07) is -0.246. The fourth-order valence-corrected chi connectivity index (χ4v) is 1.58. The molecule has 1 aliphatic carbocycles. The lowest BCUT2D eigenvalue weighted by Crippen LogP contribution is -2.36. The first kappa shape index (κ1) is 8.87. The van der Waals surface area contributed by atoms with Crippen LogP contribution in [0.3, 0.4) is 0 Å². The molecule has 0 saturated heterocycles. The molecular weight excluding hydrogens is 211 g/mol. The van der Waals surface area contributed by atoms with Gasteiger partial charge in [0.15, 0.2) is 0 Å². The van der Waals surface area contributed by atoms with E-state index in [4.69, 9.17) is 11.1 Å². The molecule has 0 aliphatic heterocycles. The van der Waals surface area contributed by atoms with Crippen LogP contribution in [0, 0.1) is 11.3 Å². The minimum atomic E-state index is -0.985. The van der Waals surface area contributed by atoms with Crippen LogP contribution >= 0.6 is 15.9 Å². The first-order valence-electron chi connectivity index (χ1n) is 3.42. The summed E-state index contributed by atoms with van der Waals surface area (Å²) in [6.45, 7) is 0. The molecule has 3 unspecified atom stereocenters. The molecule has 11 heavy (non-hydrogen) atoms. The Labute approximate surface area is 73.3 Å². The van der Waals surface area contributed by atoms with Gasteiger partial charge in [0, 0.05) is 22.7 Å². The van der Waals surface area contributed by atoms with Crippen molar-refractivity contribution in [2.24, 2.45) is 11.7 Å². The summed E-state index contributed by atoms with van der Waals surface area (Å²) < 4.78 is 13.4. The lowest BCUT2D eigenvalue weighted by Gasteiger charge is -2.24. The second kappa shape index (κ2) is 3.45. The molecule has 0 bridgehead atoms. The van der Waals surface area contributed by atoms with E-state index < -0.39 is 6.17 Å². The van der Waals surface area contributed by atoms with E-state index in [1.54, 1.807) is 6.08 Å². The Balaban J connectivity index is 2.77. The zero-order chi connectivity index (χ0) is 8.43. The van der Waals surface area contributed by atoms with Crippen LogP contribution in [0.5, 0.6) is 0 Å². The number of hydrogen-bond donors (Lipinski definition) is 2. The molecule has 0 aromatic heterocycles. The summed E-state index contributed by atoms with van der Waals surface area (Å²) in [5.74, 6) is -0.114. The summed E-state index contributed by atoms with van der Waals surface area (Å²) in [5, 5.41) is 6.99. The second-order valence-corrected chi connectivity index (χ2v) is 3.58. The molecule has 62 valence electrons. The first-order valence-corrected chi connectivity index (χ1v) is 4.22. The molecule has 0 spiro atoms. The van der Waals surface area contributed by atoms with Crippen LogP contribution in [0.1, 0.15) is 6.42 Å². The van der Waals surface area contributed by atoms with Gasteiger partial charge in [-0.3, -0.25) is 0 Å². The van der Waals surface area contributed by atoms with E-state index in [9.17, 15) is 4.39 Å². The molecule has 0 aromatic carbocycles. The van der Waals surface area contributed by atoms with E-state index >= 15 is 0 Å². The topological polar surface area (TPSA) is 49.9 Å². The van der Waals surface area contributed by atoms with Crippen LogP contribution in [-0.2, 0) is 0 Å². The van der Waals surface area contributed by atoms with Crippen LogP contribution < -0.4 is 5.73 Å². The van der Waals surface area contributed by atoms with Crippen LogP contribution in [-0.4, -0.2) is 18.4 Å². The molecule has 0 saturated carbocycles. The Morgan fingerprint density at radius 3 is 3.00 bits per heavy atom. The number of nitrogens with two attached hydrogens (primary N) is 1. The molecule has 0 amide bonds. The Hall–Kier alpha value is -0.220. The van der Waals surface area contributed by atoms with Gasteiger partial charge in [-0.25, -0.2) is 4.39 Å². The summed E-state index contributed by atoms with van der Waals surface area (Å²) in [5.41, 5.74) is 5.59. The smallest absolute Gasteiger partial charge is 0.133 e. The third-order valence-electron chi connectivity index (χ3n) is 1.82. The fourth-order valence-electron chi connectivity index (χ4n) is 1.09. The number of hydrogen-bond acceptors (Lipinski definition) is 2. The Morgan fingerprint density at radius 2 is 2.45 bits per heavy atom. The van der Waals surface area contributed by atoms with Gasteiger partial charge in [-0.1, -0.05) is 22.0 Å². The molecule has 4 heteroatoms. The van der Waals surface area contributed by atoms with Crippen molar-refractivity contribution < 1.29 is 4.39 Å². The molecule has 0 aromatic rings. The molecular formula is C7H10BrFN2. The van der Waals surface area contributed by atoms with Gasteiger partial charge >= 0.3 is 0 Å². The molecule has 2 nitrogen and oxygen atoms in total. The zero-order valence-electron chi connectivity index (χ0n) is 5.93. The molecule has 3 atom stereocenters. The van der Waals surface area contributed by atoms with Crippen LogP contribution in [0.15, 0.2) is 10.6 Å². The van der Waals surface area contributed by atoms with Crippen molar-refractivity contribution in [2.45, 2.75) is 18.6 Å². The highest BCUT2D eigenvalue weighted by Crippen LogP contribution is 2.27. The largest absolute Gasteiger partial charge is 0.327 e. The van der Waals surface area contributed by atoms with E-state index in [-0.39, 0.29) is 12.0 Å². The maximum Gasteiger partial charge on any atom is 0.133 e. The molecule has 0 fully saturated rings. The van der Waals surface area contributed by atoms with Crippen LogP contribution in [0.2, 0.25) is 0 Å². The third-order valence-corrected chi connectivity index (χ3v) is 2.58. The highest BCUT2D eigenvalue weighted by atomic mass is 79.9. The standard InChI is InChI=1S/C7H10BrFN2/c8-5-1-4(3-10)7(11)2-6(5)9/h1,3-4,6-7,10H,2,11H2. The van der Waals surface area contributed by atoms with Gasteiger partial charge in [0.25, 0.3) is 0 Å². The lowest BCUT2D eigenvalue weighted by atomic mass is 9.91.